The summed E-state index contributed by atoms with van der Waals surface area (Å²) in [6, 6.07) is 5.89. The quantitative estimate of drug-likeness (QED) is 0.607. The first-order valence-corrected chi connectivity index (χ1v) is 11.3. The lowest BCUT2D eigenvalue weighted by Crippen LogP contribution is -2.36. The van der Waals surface area contributed by atoms with E-state index in [1.54, 1.807) is 16.2 Å². The van der Waals surface area contributed by atoms with Crippen molar-refractivity contribution in [2.24, 2.45) is 5.92 Å². The Bertz CT molecular complexity index is 1110. The van der Waals surface area contributed by atoms with Crippen molar-refractivity contribution in [2.75, 3.05) is 16.8 Å². The minimum atomic E-state index is -0.326. The van der Waals surface area contributed by atoms with Crippen molar-refractivity contribution in [3.63, 3.8) is 0 Å². The Morgan fingerprint density at radius 1 is 1.16 bits per heavy atom. The number of aromatic nitrogens is 4. The Labute approximate surface area is 184 Å². The van der Waals surface area contributed by atoms with Crippen LogP contribution < -0.4 is 10.2 Å². The molecule has 0 aromatic carbocycles. The predicted molar refractivity (Wildman–Crippen MR) is 119 cm³/mol. The second-order valence-corrected chi connectivity index (χ2v) is 9.23. The highest BCUT2D eigenvalue weighted by Gasteiger charge is 2.44. The van der Waals surface area contributed by atoms with Crippen LogP contribution in [0.25, 0.3) is 10.6 Å². The van der Waals surface area contributed by atoms with Crippen LogP contribution in [0.4, 0.5) is 16.6 Å². The number of nitrogens with one attached hydrogen (secondary N) is 1. The van der Waals surface area contributed by atoms with E-state index in [-0.39, 0.29) is 18.2 Å². The molecule has 3 aromatic heterocycles. The lowest BCUT2D eigenvalue weighted by atomic mass is 10.2. The summed E-state index contributed by atoms with van der Waals surface area (Å²) in [5, 5.41) is 4.29. The minimum absolute atomic E-state index is 0.0379. The van der Waals surface area contributed by atoms with Gasteiger partial charge in [0.25, 0.3) is 0 Å². The number of ether oxygens (including phenoxy) is 1. The molecule has 8 nitrogen and oxygen atoms in total. The van der Waals surface area contributed by atoms with E-state index >= 15 is 0 Å². The van der Waals surface area contributed by atoms with Crippen LogP contribution in [0.5, 0.6) is 0 Å². The first-order valence-electron chi connectivity index (χ1n) is 10.4. The molecule has 1 amide bonds. The van der Waals surface area contributed by atoms with Crippen LogP contribution in [-0.2, 0) is 4.74 Å². The van der Waals surface area contributed by atoms with Gasteiger partial charge in [0.1, 0.15) is 17.4 Å². The average Bonchev–Trinajstić information content (AvgIpc) is 3.32. The third-order valence-corrected chi connectivity index (χ3v) is 6.84. The first kappa shape index (κ1) is 19.9. The van der Waals surface area contributed by atoms with Crippen LogP contribution in [-0.4, -0.2) is 38.7 Å². The van der Waals surface area contributed by atoms with Gasteiger partial charge in [0.2, 0.25) is 5.95 Å². The molecular formula is C22H24N6O2S. The van der Waals surface area contributed by atoms with Crippen LogP contribution >= 0.6 is 11.3 Å². The summed E-state index contributed by atoms with van der Waals surface area (Å²) in [4.78, 5) is 33.2. The Hall–Kier alpha value is -3.07. The maximum atomic E-state index is 12.4. The van der Waals surface area contributed by atoms with E-state index in [2.05, 4.69) is 25.3 Å². The number of cyclic esters (lactones) is 1. The van der Waals surface area contributed by atoms with Crippen LogP contribution in [0, 0.1) is 19.8 Å². The van der Waals surface area contributed by atoms with E-state index in [9.17, 15) is 4.79 Å². The molecule has 0 radical (unpaired) electrons. The van der Waals surface area contributed by atoms with E-state index in [0.717, 1.165) is 39.7 Å². The van der Waals surface area contributed by atoms with Crippen molar-refractivity contribution < 1.29 is 9.53 Å². The largest absolute Gasteiger partial charge is 0.447 e. The standard InChI is InChI=1S/C22H24N6O2S/c1-12-4-5-16(9-23-12)20-24-10-18(31-20)14(3)26-21-25-13(2)8-19(27-21)28-17(15-6-7-15)11-30-22(28)29/h4-5,8-10,14-15,17H,6-7,11H2,1-3H3,(H,25,26,27)/t14-,17?/m0/s1. The van der Waals surface area contributed by atoms with Gasteiger partial charge < -0.3 is 10.1 Å². The van der Waals surface area contributed by atoms with Gasteiger partial charge in [-0.15, -0.1) is 11.3 Å². The van der Waals surface area contributed by atoms with E-state index < -0.39 is 0 Å². The normalized spacial score (nSPS) is 19.4. The topological polar surface area (TPSA) is 93.1 Å². The number of anilines is 2. The summed E-state index contributed by atoms with van der Waals surface area (Å²) in [6.45, 7) is 6.36. The lowest BCUT2D eigenvalue weighted by Gasteiger charge is -2.21. The molecule has 2 atom stereocenters. The number of aryl methyl sites for hydroxylation is 2. The van der Waals surface area contributed by atoms with Crippen LogP contribution in [0.3, 0.4) is 0 Å². The zero-order chi connectivity index (χ0) is 21.5. The van der Waals surface area contributed by atoms with Gasteiger partial charge >= 0.3 is 6.09 Å². The smallest absolute Gasteiger partial charge is 0.415 e. The molecule has 4 heterocycles. The molecule has 31 heavy (non-hydrogen) atoms. The van der Waals surface area contributed by atoms with Gasteiger partial charge in [-0.1, -0.05) is 0 Å². The van der Waals surface area contributed by atoms with Crippen molar-refractivity contribution in [1.29, 1.82) is 0 Å². The summed E-state index contributed by atoms with van der Waals surface area (Å²) in [7, 11) is 0. The number of hydrogen-bond donors (Lipinski definition) is 1. The summed E-state index contributed by atoms with van der Waals surface area (Å²) < 4.78 is 5.31. The molecule has 1 N–H and O–H groups in total. The number of rotatable bonds is 6. The molecule has 0 spiro atoms. The van der Waals surface area contributed by atoms with Gasteiger partial charge in [-0.25, -0.2) is 14.8 Å². The summed E-state index contributed by atoms with van der Waals surface area (Å²) in [6.07, 6.45) is 5.66. The molecule has 2 aliphatic rings. The number of amides is 1. The summed E-state index contributed by atoms with van der Waals surface area (Å²) in [5.41, 5.74) is 2.78. The highest BCUT2D eigenvalue weighted by Crippen LogP contribution is 2.40. The number of carbonyl (C=O) groups excluding carboxylic acids is 1. The summed E-state index contributed by atoms with van der Waals surface area (Å²) >= 11 is 1.61. The molecule has 1 unspecified atom stereocenters. The van der Waals surface area contributed by atoms with Crippen LogP contribution in [0.15, 0.2) is 30.6 Å². The Morgan fingerprint density at radius 3 is 2.74 bits per heavy atom. The molecule has 160 valence electrons. The van der Waals surface area contributed by atoms with E-state index in [1.807, 2.05) is 51.4 Å². The summed E-state index contributed by atoms with van der Waals surface area (Å²) in [5.74, 6) is 1.59. The third kappa shape index (κ3) is 4.10. The fraction of sp³-hybridized carbons (Fsp3) is 0.409. The van der Waals surface area contributed by atoms with Gasteiger partial charge in [0.05, 0.1) is 12.1 Å². The van der Waals surface area contributed by atoms with Gasteiger partial charge in [-0.2, -0.15) is 4.98 Å². The van der Waals surface area contributed by atoms with Crippen molar-refractivity contribution in [1.82, 2.24) is 19.9 Å². The number of hydrogen-bond acceptors (Lipinski definition) is 8. The zero-order valence-electron chi connectivity index (χ0n) is 17.7. The molecule has 1 aliphatic carbocycles. The Kier molecular flexibility index (Phi) is 5.05. The van der Waals surface area contributed by atoms with Crippen molar-refractivity contribution in [3.8, 4) is 10.6 Å². The molecule has 1 aliphatic heterocycles. The number of carbonyl (C=O) groups is 1. The molecule has 1 saturated heterocycles. The predicted octanol–water partition coefficient (Wildman–Crippen LogP) is 4.52. The molecule has 5 rings (SSSR count). The Morgan fingerprint density at radius 2 is 2.00 bits per heavy atom. The van der Waals surface area contributed by atoms with E-state index in [0.29, 0.717) is 24.3 Å². The number of thiazole rings is 1. The molecular weight excluding hydrogens is 412 g/mol. The highest BCUT2D eigenvalue weighted by molar-refractivity contribution is 7.15. The molecule has 0 bridgehead atoms. The first-order chi connectivity index (χ1) is 15.0. The molecule has 9 heteroatoms. The van der Waals surface area contributed by atoms with E-state index in [1.165, 1.54) is 0 Å². The second-order valence-electron chi connectivity index (χ2n) is 8.16. The number of pyridine rings is 1. The van der Waals surface area contributed by atoms with Crippen molar-refractivity contribution in [2.45, 2.75) is 45.7 Å². The maximum absolute atomic E-state index is 12.4. The van der Waals surface area contributed by atoms with Crippen molar-refractivity contribution >= 4 is 29.2 Å². The van der Waals surface area contributed by atoms with Crippen LogP contribution in [0.2, 0.25) is 0 Å². The van der Waals surface area contributed by atoms with Crippen LogP contribution in [0.1, 0.15) is 42.1 Å². The highest BCUT2D eigenvalue weighted by atomic mass is 32.1. The third-order valence-electron chi connectivity index (χ3n) is 5.61. The lowest BCUT2D eigenvalue weighted by molar-refractivity contribution is 0.178. The fourth-order valence-corrected chi connectivity index (χ4v) is 4.66. The second kappa shape index (κ2) is 7.88. The van der Waals surface area contributed by atoms with E-state index in [4.69, 9.17) is 4.74 Å². The Balaban J connectivity index is 1.35. The zero-order valence-corrected chi connectivity index (χ0v) is 18.5. The van der Waals surface area contributed by atoms with Crippen molar-refractivity contribution in [3.05, 3.63) is 46.9 Å². The van der Waals surface area contributed by atoms with Gasteiger partial charge in [-0.3, -0.25) is 9.88 Å². The fourth-order valence-electron chi connectivity index (χ4n) is 3.75. The molecule has 3 aromatic rings. The monoisotopic (exact) mass is 436 g/mol. The SMILES string of the molecule is Cc1ccc(-c2ncc([C@H](C)Nc3nc(C)cc(N4C(=O)OCC4C4CC4)n3)s2)cn1. The number of nitrogens with zero attached hydrogens (tertiary/aromatic N) is 5. The molecule has 2 fully saturated rings. The minimum Gasteiger partial charge on any atom is -0.447 e. The molecule has 1 saturated carbocycles. The van der Waals surface area contributed by atoms with Gasteiger partial charge in [-0.05, 0) is 51.7 Å². The van der Waals surface area contributed by atoms with Gasteiger partial charge in [0, 0.05) is 40.3 Å². The van der Waals surface area contributed by atoms with Gasteiger partial charge in [0.15, 0.2) is 0 Å². The average molecular weight is 437 g/mol. The maximum Gasteiger partial charge on any atom is 0.415 e.